The van der Waals surface area contributed by atoms with Crippen LogP contribution in [0.3, 0.4) is 0 Å². The van der Waals surface area contributed by atoms with E-state index in [-0.39, 0.29) is 0 Å². The molecule has 0 aromatic carbocycles. The van der Waals surface area contributed by atoms with E-state index >= 15 is 0 Å². The minimum absolute atomic E-state index is 0.507. The third kappa shape index (κ3) is 2.65. The molecule has 1 N–H and O–H groups in total. The highest BCUT2D eigenvalue weighted by Gasteiger charge is 2.23. The molecule has 0 saturated heterocycles. The summed E-state index contributed by atoms with van der Waals surface area (Å²) < 4.78 is 1.91. The second kappa shape index (κ2) is 5.81. The van der Waals surface area contributed by atoms with Gasteiger partial charge in [-0.3, -0.25) is 0 Å². The van der Waals surface area contributed by atoms with E-state index in [0.29, 0.717) is 6.04 Å². The predicted molar refractivity (Wildman–Crippen MR) is 82.0 cm³/mol. The molecule has 1 atom stereocenters. The molecule has 1 unspecified atom stereocenters. The molecule has 0 aliphatic heterocycles. The number of nitrogens with zero attached hydrogens (tertiary/aromatic N) is 3. The number of pyridine rings is 1. The summed E-state index contributed by atoms with van der Waals surface area (Å²) >= 11 is 0. The van der Waals surface area contributed by atoms with Crippen molar-refractivity contribution in [2.75, 3.05) is 5.32 Å². The lowest BCUT2D eigenvalue weighted by Crippen LogP contribution is -2.30. The number of rotatable bonds is 4. The number of aryl methyl sites for hydroxylation is 1. The van der Waals surface area contributed by atoms with E-state index in [2.05, 4.69) is 35.3 Å². The van der Waals surface area contributed by atoms with Crippen molar-refractivity contribution in [3.63, 3.8) is 0 Å². The van der Waals surface area contributed by atoms with E-state index in [1.165, 1.54) is 32.1 Å². The van der Waals surface area contributed by atoms with Crippen LogP contribution in [0.5, 0.6) is 0 Å². The lowest BCUT2D eigenvalue weighted by Gasteiger charge is -2.29. The number of hydrogen-bond donors (Lipinski definition) is 1. The smallest absolute Gasteiger partial charge is 0.243 e. The fourth-order valence-corrected chi connectivity index (χ4v) is 3.35. The lowest BCUT2D eigenvalue weighted by molar-refractivity contribution is 0.312. The van der Waals surface area contributed by atoms with E-state index < -0.39 is 0 Å². The molecule has 2 aromatic heterocycles. The van der Waals surface area contributed by atoms with Gasteiger partial charge in [-0.2, -0.15) is 4.98 Å². The molecular formula is C16H24N4. The number of aromatic nitrogens is 3. The van der Waals surface area contributed by atoms with Crippen LogP contribution in [0.1, 0.15) is 51.1 Å². The van der Waals surface area contributed by atoms with Gasteiger partial charge >= 0.3 is 0 Å². The van der Waals surface area contributed by atoms with Gasteiger partial charge in [0.05, 0.1) is 0 Å². The van der Waals surface area contributed by atoms with Crippen LogP contribution in [-0.2, 0) is 0 Å². The third-order valence-electron chi connectivity index (χ3n) is 4.52. The minimum atomic E-state index is 0.507. The first-order valence-corrected chi connectivity index (χ1v) is 7.87. The first-order chi connectivity index (χ1) is 9.78. The number of nitrogens with one attached hydrogen (secondary N) is 1. The zero-order valence-corrected chi connectivity index (χ0v) is 12.5. The predicted octanol–water partition coefficient (Wildman–Crippen LogP) is 3.81. The van der Waals surface area contributed by atoms with Crippen molar-refractivity contribution in [2.45, 2.75) is 58.4 Å². The number of anilines is 1. The van der Waals surface area contributed by atoms with Gasteiger partial charge in [0.25, 0.3) is 0 Å². The normalized spacial score (nSPS) is 18.3. The van der Waals surface area contributed by atoms with Crippen LogP contribution in [-0.4, -0.2) is 20.6 Å². The van der Waals surface area contributed by atoms with Gasteiger partial charge in [-0.15, -0.1) is 5.10 Å². The molecule has 0 bridgehead atoms. The van der Waals surface area contributed by atoms with Crippen molar-refractivity contribution >= 4 is 11.6 Å². The largest absolute Gasteiger partial charge is 0.350 e. The van der Waals surface area contributed by atoms with Crippen molar-refractivity contribution in [2.24, 2.45) is 5.92 Å². The average Bonchev–Trinajstić information content (AvgIpc) is 2.90. The maximum Gasteiger partial charge on any atom is 0.243 e. The Morgan fingerprint density at radius 2 is 2.10 bits per heavy atom. The molecule has 108 valence electrons. The van der Waals surface area contributed by atoms with Gasteiger partial charge in [0.15, 0.2) is 5.65 Å². The summed E-state index contributed by atoms with van der Waals surface area (Å²) in [7, 11) is 0. The van der Waals surface area contributed by atoms with Crippen LogP contribution in [0, 0.1) is 12.8 Å². The Morgan fingerprint density at radius 3 is 2.80 bits per heavy atom. The maximum absolute atomic E-state index is 4.60. The van der Waals surface area contributed by atoms with Crippen LogP contribution >= 0.6 is 0 Å². The SMILES string of the molecule is CCC(Nc1nc2cccc(C)n2n1)C1CCCCC1. The van der Waals surface area contributed by atoms with Gasteiger partial charge in [0.1, 0.15) is 0 Å². The van der Waals surface area contributed by atoms with Crippen LogP contribution in [0.2, 0.25) is 0 Å². The molecule has 1 fully saturated rings. The van der Waals surface area contributed by atoms with Crippen LogP contribution in [0.25, 0.3) is 5.65 Å². The summed E-state index contributed by atoms with van der Waals surface area (Å²) in [5.41, 5.74) is 2.04. The van der Waals surface area contributed by atoms with Crippen molar-refractivity contribution in [3.8, 4) is 0 Å². The Kier molecular flexibility index (Phi) is 3.90. The molecular weight excluding hydrogens is 248 g/mol. The Morgan fingerprint density at radius 1 is 1.30 bits per heavy atom. The molecule has 2 aromatic rings. The fourth-order valence-electron chi connectivity index (χ4n) is 3.35. The molecule has 0 amide bonds. The first kappa shape index (κ1) is 13.4. The highest BCUT2D eigenvalue weighted by molar-refractivity contribution is 5.44. The zero-order valence-electron chi connectivity index (χ0n) is 12.5. The Hall–Kier alpha value is -1.58. The maximum atomic E-state index is 4.60. The van der Waals surface area contributed by atoms with E-state index in [0.717, 1.165) is 29.6 Å². The molecule has 0 spiro atoms. The first-order valence-electron chi connectivity index (χ1n) is 7.87. The summed E-state index contributed by atoms with van der Waals surface area (Å²) in [4.78, 5) is 4.60. The molecule has 1 aliphatic rings. The van der Waals surface area contributed by atoms with Gasteiger partial charge < -0.3 is 5.32 Å². The fraction of sp³-hybridized carbons (Fsp3) is 0.625. The Labute approximate surface area is 120 Å². The summed E-state index contributed by atoms with van der Waals surface area (Å²) in [6, 6.07) is 6.60. The van der Waals surface area contributed by atoms with E-state index in [9.17, 15) is 0 Å². The van der Waals surface area contributed by atoms with E-state index in [1.54, 1.807) is 0 Å². The number of hydrogen-bond acceptors (Lipinski definition) is 3. The zero-order chi connectivity index (χ0) is 13.9. The van der Waals surface area contributed by atoms with Gasteiger partial charge in [-0.05, 0) is 44.2 Å². The minimum Gasteiger partial charge on any atom is -0.350 e. The second-order valence-corrected chi connectivity index (χ2v) is 5.93. The highest BCUT2D eigenvalue weighted by atomic mass is 15.4. The van der Waals surface area contributed by atoms with Gasteiger partial charge in [-0.1, -0.05) is 32.3 Å². The quantitative estimate of drug-likeness (QED) is 0.920. The lowest BCUT2D eigenvalue weighted by atomic mass is 9.83. The topological polar surface area (TPSA) is 42.2 Å². The monoisotopic (exact) mass is 272 g/mol. The van der Waals surface area contributed by atoms with Crippen molar-refractivity contribution in [1.82, 2.24) is 14.6 Å². The number of fused-ring (bicyclic) bond motifs is 1. The van der Waals surface area contributed by atoms with E-state index in [4.69, 9.17) is 0 Å². The molecule has 20 heavy (non-hydrogen) atoms. The van der Waals surface area contributed by atoms with Gasteiger partial charge in [0, 0.05) is 11.7 Å². The standard InChI is InChI=1S/C16H24N4/c1-3-14(13-9-5-4-6-10-13)17-16-18-15-11-7-8-12(2)20(15)19-16/h7-8,11,13-14H,3-6,9-10H2,1-2H3,(H,17,19). The molecule has 0 radical (unpaired) electrons. The summed E-state index contributed by atoms with van der Waals surface area (Å²) in [6.07, 6.45) is 7.98. The van der Waals surface area contributed by atoms with Crippen molar-refractivity contribution in [3.05, 3.63) is 23.9 Å². The van der Waals surface area contributed by atoms with Crippen molar-refractivity contribution < 1.29 is 0 Å². The molecule has 4 heteroatoms. The molecule has 2 heterocycles. The summed E-state index contributed by atoms with van der Waals surface area (Å²) in [6.45, 7) is 4.32. The summed E-state index contributed by atoms with van der Waals surface area (Å²) in [5.74, 6) is 1.55. The molecule has 1 saturated carbocycles. The van der Waals surface area contributed by atoms with Crippen LogP contribution < -0.4 is 5.32 Å². The van der Waals surface area contributed by atoms with Gasteiger partial charge in [0.2, 0.25) is 5.95 Å². The van der Waals surface area contributed by atoms with Gasteiger partial charge in [-0.25, -0.2) is 4.52 Å². The average molecular weight is 272 g/mol. The Balaban J connectivity index is 1.78. The third-order valence-corrected chi connectivity index (χ3v) is 4.52. The summed E-state index contributed by atoms with van der Waals surface area (Å²) in [5, 5.41) is 8.16. The molecule has 1 aliphatic carbocycles. The van der Waals surface area contributed by atoms with Crippen LogP contribution in [0.15, 0.2) is 18.2 Å². The Bertz CT molecular complexity index is 569. The second-order valence-electron chi connectivity index (χ2n) is 5.93. The highest BCUT2D eigenvalue weighted by Crippen LogP contribution is 2.29. The molecule has 4 nitrogen and oxygen atoms in total. The van der Waals surface area contributed by atoms with E-state index in [1.807, 2.05) is 16.6 Å². The van der Waals surface area contributed by atoms with Crippen LogP contribution in [0.4, 0.5) is 5.95 Å². The molecule has 3 rings (SSSR count). The van der Waals surface area contributed by atoms with Crippen molar-refractivity contribution in [1.29, 1.82) is 0 Å².